The number of carboxylic acid groups (broad SMARTS) is 1. The quantitative estimate of drug-likeness (QED) is 0.896. The van der Waals surface area contributed by atoms with Gasteiger partial charge in [-0.1, -0.05) is 25.9 Å². The average molecular weight is 267 g/mol. The maximum atomic E-state index is 11.1. The van der Waals surface area contributed by atoms with Gasteiger partial charge in [0, 0.05) is 11.3 Å². The van der Waals surface area contributed by atoms with Crippen LogP contribution >= 0.6 is 11.3 Å². The molecule has 0 spiro atoms. The number of nitrogens with zero attached hydrogens (tertiary/aromatic N) is 1. The molecule has 98 valence electrons. The third-order valence-electron chi connectivity index (χ3n) is 2.94. The Labute approximate surface area is 110 Å². The average Bonchev–Trinajstić information content (AvgIpc) is 2.82. The molecule has 0 radical (unpaired) electrons. The summed E-state index contributed by atoms with van der Waals surface area (Å²) in [5.74, 6) is -0.978. The number of aliphatic carboxylic acids is 1. The van der Waals surface area contributed by atoms with E-state index < -0.39 is 11.6 Å². The molecule has 5 heteroatoms. The van der Waals surface area contributed by atoms with Gasteiger partial charge in [0.25, 0.3) is 0 Å². The van der Waals surface area contributed by atoms with Crippen molar-refractivity contribution in [1.29, 1.82) is 0 Å². The van der Waals surface area contributed by atoms with Gasteiger partial charge < -0.3 is 9.94 Å². The second-order valence-electron chi connectivity index (χ2n) is 5.76. The van der Waals surface area contributed by atoms with Gasteiger partial charge in [-0.25, -0.2) is 4.79 Å². The first kappa shape index (κ1) is 13.1. The van der Waals surface area contributed by atoms with Crippen molar-refractivity contribution < 1.29 is 14.7 Å². The van der Waals surface area contributed by atoms with Crippen molar-refractivity contribution >= 4 is 23.0 Å². The zero-order chi connectivity index (χ0) is 13.6. The molecular formula is C13H17NO3S. The van der Waals surface area contributed by atoms with Crippen LogP contribution in [0.2, 0.25) is 0 Å². The van der Waals surface area contributed by atoms with Gasteiger partial charge in [-0.2, -0.15) is 0 Å². The molecule has 0 aromatic carbocycles. The van der Waals surface area contributed by atoms with Crippen LogP contribution in [0.4, 0.5) is 0 Å². The Bertz CT molecular complexity index is 513. The zero-order valence-electron chi connectivity index (χ0n) is 11.0. The second kappa shape index (κ2) is 4.09. The number of carbonyl (C=O) groups is 1. The van der Waals surface area contributed by atoms with Gasteiger partial charge in [-0.05, 0) is 24.5 Å². The molecule has 0 aliphatic carbocycles. The van der Waals surface area contributed by atoms with Gasteiger partial charge >= 0.3 is 5.97 Å². The van der Waals surface area contributed by atoms with Crippen molar-refractivity contribution in [3.63, 3.8) is 0 Å². The van der Waals surface area contributed by atoms with Crippen LogP contribution in [-0.4, -0.2) is 22.4 Å². The van der Waals surface area contributed by atoms with Crippen molar-refractivity contribution in [3.05, 3.63) is 21.9 Å². The minimum Gasteiger partial charge on any atom is -0.478 e. The number of hydrogen-bond acceptors (Lipinski definition) is 4. The lowest BCUT2D eigenvalue weighted by molar-refractivity contribution is -0.160. The Morgan fingerprint density at radius 2 is 2.17 bits per heavy atom. The minimum atomic E-state index is -1.22. The lowest BCUT2D eigenvalue weighted by atomic mass is 9.95. The maximum Gasteiger partial charge on any atom is 0.351 e. The molecule has 18 heavy (non-hydrogen) atoms. The Balaban J connectivity index is 2.21. The maximum absolute atomic E-state index is 11.1. The van der Waals surface area contributed by atoms with E-state index in [4.69, 9.17) is 9.94 Å². The van der Waals surface area contributed by atoms with Gasteiger partial charge in [0.2, 0.25) is 5.60 Å². The topological polar surface area (TPSA) is 58.9 Å². The van der Waals surface area contributed by atoms with E-state index in [1.54, 1.807) is 18.3 Å². The lowest BCUT2D eigenvalue weighted by Crippen LogP contribution is -2.35. The molecule has 0 saturated heterocycles. The first-order valence-electron chi connectivity index (χ1n) is 5.81. The molecular weight excluding hydrogens is 250 g/mol. The third kappa shape index (κ3) is 2.27. The van der Waals surface area contributed by atoms with Crippen LogP contribution in [0.5, 0.6) is 0 Å². The van der Waals surface area contributed by atoms with Crippen LogP contribution in [-0.2, 0) is 15.0 Å². The molecule has 1 N–H and O–H groups in total. The van der Waals surface area contributed by atoms with E-state index in [0.717, 1.165) is 10.6 Å². The first-order chi connectivity index (χ1) is 8.22. The molecule has 0 bridgehead atoms. The third-order valence-corrected chi connectivity index (χ3v) is 4.50. The molecule has 0 amide bonds. The van der Waals surface area contributed by atoms with Crippen LogP contribution in [0.25, 0.3) is 0 Å². The Morgan fingerprint density at radius 3 is 2.61 bits per heavy atom. The van der Waals surface area contributed by atoms with E-state index in [1.807, 2.05) is 6.07 Å². The number of hydrogen-bond donors (Lipinski definition) is 1. The van der Waals surface area contributed by atoms with Gasteiger partial charge in [0.05, 0.1) is 4.88 Å². The SMILES string of the molecule is CC1(C(=O)O)CC(c2ccc(C(C)(C)C)s2)=NO1. The summed E-state index contributed by atoms with van der Waals surface area (Å²) in [6.45, 7) is 7.99. The molecule has 1 unspecified atom stereocenters. The summed E-state index contributed by atoms with van der Waals surface area (Å²) >= 11 is 1.65. The summed E-state index contributed by atoms with van der Waals surface area (Å²) < 4.78 is 0. The smallest absolute Gasteiger partial charge is 0.351 e. The zero-order valence-corrected chi connectivity index (χ0v) is 11.8. The number of oxime groups is 1. The highest BCUT2D eigenvalue weighted by Crippen LogP contribution is 2.33. The highest BCUT2D eigenvalue weighted by atomic mass is 32.1. The van der Waals surface area contributed by atoms with Gasteiger partial charge in [0.15, 0.2) is 0 Å². The Kier molecular flexibility index (Phi) is 2.97. The van der Waals surface area contributed by atoms with Crippen LogP contribution < -0.4 is 0 Å². The van der Waals surface area contributed by atoms with Crippen LogP contribution in [0.15, 0.2) is 17.3 Å². The minimum absolute atomic E-state index is 0.0963. The number of rotatable bonds is 2. The summed E-state index contributed by atoms with van der Waals surface area (Å²) in [5, 5.41) is 13.0. The van der Waals surface area contributed by atoms with E-state index in [9.17, 15) is 4.79 Å². The Morgan fingerprint density at radius 1 is 1.50 bits per heavy atom. The van der Waals surface area contributed by atoms with E-state index in [1.165, 1.54) is 4.88 Å². The van der Waals surface area contributed by atoms with Crippen molar-refractivity contribution in [2.45, 2.75) is 45.1 Å². The lowest BCUT2D eigenvalue weighted by Gasteiger charge is -2.15. The molecule has 1 aliphatic rings. The summed E-state index contributed by atoms with van der Waals surface area (Å²) in [6.07, 6.45) is 0.312. The van der Waals surface area contributed by atoms with Gasteiger partial charge in [-0.3, -0.25) is 0 Å². The normalized spacial score (nSPS) is 23.7. The molecule has 4 nitrogen and oxygen atoms in total. The van der Waals surface area contributed by atoms with Crippen molar-refractivity contribution in [1.82, 2.24) is 0 Å². The van der Waals surface area contributed by atoms with Gasteiger partial charge in [-0.15, -0.1) is 11.3 Å². The van der Waals surface area contributed by atoms with E-state index in [2.05, 4.69) is 32.0 Å². The van der Waals surface area contributed by atoms with E-state index >= 15 is 0 Å². The van der Waals surface area contributed by atoms with Crippen LogP contribution in [0.1, 0.15) is 43.9 Å². The standard InChI is InChI=1S/C13H17NO3S/c1-12(2,3)10-6-5-9(18-10)8-7-13(4,11(15)16)17-14-8/h5-6H,7H2,1-4H3,(H,15,16). The van der Waals surface area contributed by atoms with Crippen molar-refractivity contribution in [3.8, 4) is 0 Å². The fourth-order valence-electron chi connectivity index (χ4n) is 1.68. The predicted molar refractivity (Wildman–Crippen MR) is 71.3 cm³/mol. The van der Waals surface area contributed by atoms with Gasteiger partial charge in [0.1, 0.15) is 5.71 Å². The largest absolute Gasteiger partial charge is 0.478 e. The molecule has 2 rings (SSSR count). The highest BCUT2D eigenvalue weighted by molar-refractivity contribution is 7.14. The summed E-state index contributed by atoms with van der Waals surface area (Å²) in [7, 11) is 0. The fraction of sp³-hybridized carbons (Fsp3) is 0.538. The predicted octanol–water partition coefficient (Wildman–Crippen LogP) is 3.01. The summed E-state index contributed by atoms with van der Waals surface area (Å²) in [4.78, 5) is 18.4. The molecule has 2 heterocycles. The Hall–Kier alpha value is -1.36. The van der Waals surface area contributed by atoms with Crippen molar-refractivity contribution in [2.24, 2.45) is 5.16 Å². The fourth-order valence-corrected chi connectivity index (χ4v) is 2.73. The molecule has 1 aromatic heterocycles. The molecule has 0 saturated carbocycles. The molecule has 1 atom stereocenters. The first-order valence-corrected chi connectivity index (χ1v) is 6.63. The van der Waals surface area contributed by atoms with E-state index in [0.29, 0.717) is 6.42 Å². The van der Waals surface area contributed by atoms with Crippen molar-refractivity contribution in [2.75, 3.05) is 0 Å². The summed E-state index contributed by atoms with van der Waals surface area (Å²) in [5.41, 5.74) is -0.402. The monoisotopic (exact) mass is 267 g/mol. The highest BCUT2D eigenvalue weighted by Gasteiger charge is 2.42. The number of carboxylic acids is 1. The molecule has 1 aliphatic heterocycles. The molecule has 0 fully saturated rings. The summed E-state index contributed by atoms with van der Waals surface area (Å²) in [6, 6.07) is 4.06. The molecule has 1 aromatic rings. The second-order valence-corrected chi connectivity index (χ2v) is 6.84. The van der Waals surface area contributed by atoms with Crippen LogP contribution in [0.3, 0.4) is 0 Å². The number of thiophene rings is 1. The van der Waals surface area contributed by atoms with E-state index in [-0.39, 0.29) is 5.41 Å². The van der Waals surface area contributed by atoms with Crippen LogP contribution in [0, 0.1) is 0 Å².